The van der Waals surface area contributed by atoms with E-state index in [4.69, 9.17) is 5.11 Å². The Bertz CT molecular complexity index is 684. The number of hydrogen-bond acceptors (Lipinski definition) is 3. The number of amides is 2. The average Bonchev–Trinajstić information content (AvgIpc) is 2.81. The number of nitrogens with one attached hydrogen (secondary N) is 2. The van der Waals surface area contributed by atoms with Gasteiger partial charge in [0.05, 0.1) is 17.9 Å². The third kappa shape index (κ3) is 3.35. The molecule has 2 amide bonds. The summed E-state index contributed by atoms with van der Waals surface area (Å²) in [5.74, 6) is -2.36. The largest absolute Gasteiger partial charge is 0.478 e. The minimum absolute atomic E-state index is 0.106. The van der Waals surface area contributed by atoms with Gasteiger partial charge in [-0.05, 0) is 18.2 Å². The predicted octanol–water partition coefficient (Wildman–Crippen LogP) is 1.58. The van der Waals surface area contributed by atoms with E-state index < -0.39 is 23.4 Å². The quantitative estimate of drug-likeness (QED) is 0.797. The van der Waals surface area contributed by atoms with Crippen LogP contribution in [-0.2, 0) is 13.6 Å². The number of nitrogens with zero attached hydrogens (tertiary/aromatic N) is 2. The van der Waals surface area contributed by atoms with Crippen molar-refractivity contribution >= 4 is 17.7 Å². The van der Waals surface area contributed by atoms with Gasteiger partial charge in [-0.2, -0.15) is 5.10 Å². The lowest BCUT2D eigenvalue weighted by Crippen LogP contribution is -2.29. The zero-order valence-electron chi connectivity index (χ0n) is 11.1. The Hall–Kier alpha value is -2.90. The maximum atomic E-state index is 13.4. The molecule has 0 aliphatic carbocycles. The molecule has 21 heavy (non-hydrogen) atoms. The number of halogens is 1. The third-order valence-electron chi connectivity index (χ3n) is 2.83. The molecule has 0 saturated carbocycles. The Morgan fingerprint density at radius 3 is 2.76 bits per heavy atom. The third-order valence-corrected chi connectivity index (χ3v) is 2.83. The fraction of sp³-hybridized carbons (Fsp3) is 0.154. The van der Waals surface area contributed by atoms with Gasteiger partial charge in [-0.15, -0.1) is 0 Å². The molecule has 3 N–H and O–H groups in total. The lowest BCUT2D eigenvalue weighted by molar-refractivity contribution is 0.0693. The van der Waals surface area contributed by atoms with E-state index in [0.717, 1.165) is 11.8 Å². The number of carbonyl (C=O) groups is 2. The van der Waals surface area contributed by atoms with E-state index in [1.165, 1.54) is 12.1 Å². The number of hydrogen-bond donors (Lipinski definition) is 3. The number of aryl methyl sites for hydroxylation is 1. The number of carboxylic acid groups (broad SMARTS) is 1. The van der Waals surface area contributed by atoms with Crippen molar-refractivity contribution in [3.63, 3.8) is 0 Å². The first-order valence-electron chi connectivity index (χ1n) is 6.02. The lowest BCUT2D eigenvalue weighted by atomic mass is 10.1. The number of carbonyl (C=O) groups excluding carboxylic acids is 1. The number of rotatable bonds is 4. The summed E-state index contributed by atoms with van der Waals surface area (Å²) in [5.41, 5.74) is 0.0843. The maximum absolute atomic E-state index is 13.4. The van der Waals surface area contributed by atoms with Crippen LogP contribution in [0.5, 0.6) is 0 Å². The lowest BCUT2D eigenvalue weighted by Gasteiger charge is -2.10. The van der Waals surface area contributed by atoms with Gasteiger partial charge >= 0.3 is 12.0 Å². The number of benzene rings is 1. The molecule has 0 aliphatic rings. The number of anilines is 1. The molecule has 0 spiro atoms. The molecule has 0 aliphatic heterocycles. The van der Waals surface area contributed by atoms with Crippen LogP contribution in [0.1, 0.15) is 16.1 Å². The van der Waals surface area contributed by atoms with Crippen LogP contribution >= 0.6 is 0 Å². The monoisotopic (exact) mass is 292 g/mol. The first-order valence-corrected chi connectivity index (χ1v) is 6.02. The summed E-state index contributed by atoms with van der Waals surface area (Å²) in [6.45, 7) is 0.208. The summed E-state index contributed by atoms with van der Waals surface area (Å²) in [4.78, 5) is 22.7. The summed E-state index contributed by atoms with van der Waals surface area (Å²) in [6.07, 6.45) is 1.59. The van der Waals surface area contributed by atoms with Gasteiger partial charge < -0.3 is 15.7 Å². The Balaban J connectivity index is 2.05. The molecule has 0 atom stereocenters. The maximum Gasteiger partial charge on any atom is 0.340 e. The van der Waals surface area contributed by atoms with E-state index in [0.29, 0.717) is 0 Å². The van der Waals surface area contributed by atoms with Crippen molar-refractivity contribution in [2.24, 2.45) is 7.05 Å². The minimum Gasteiger partial charge on any atom is -0.478 e. The van der Waals surface area contributed by atoms with Crippen LogP contribution in [-0.4, -0.2) is 26.9 Å². The van der Waals surface area contributed by atoms with Gasteiger partial charge in [0.15, 0.2) is 0 Å². The second-order valence-electron chi connectivity index (χ2n) is 4.22. The zero-order chi connectivity index (χ0) is 15.4. The van der Waals surface area contributed by atoms with E-state index >= 15 is 0 Å². The van der Waals surface area contributed by atoms with Crippen LogP contribution in [0.3, 0.4) is 0 Å². The molecule has 1 aromatic carbocycles. The normalized spacial score (nSPS) is 10.2. The summed E-state index contributed by atoms with van der Waals surface area (Å²) >= 11 is 0. The van der Waals surface area contributed by atoms with E-state index in [2.05, 4.69) is 15.7 Å². The van der Waals surface area contributed by atoms with Crippen LogP contribution in [0, 0.1) is 5.82 Å². The van der Waals surface area contributed by atoms with E-state index in [1.54, 1.807) is 24.0 Å². The van der Waals surface area contributed by atoms with Crippen molar-refractivity contribution in [3.8, 4) is 0 Å². The van der Waals surface area contributed by atoms with E-state index in [9.17, 15) is 14.0 Å². The van der Waals surface area contributed by atoms with Crippen LogP contribution in [0.4, 0.5) is 14.9 Å². The van der Waals surface area contributed by atoms with Crippen molar-refractivity contribution in [1.82, 2.24) is 15.1 Å². The van der Waals surface area contributed by atoms with Crippen LogP contribution < -0.4 is 10.6 Å². The highest BCUT2D eigenvalue weighted by Gasteiger charge is 2.17. The molecule has 2 aromatic rings. The fourth-order valence-electron chi connectivity index (χ4n) is 1.76. The molecule has 0 unspecified atom stereocenters. The van der Waals surface area contributed by atoms with Gasteiger partial charge in [0, 0.05) is 13.2 Å². The Morgan fingerprint density at radius 2 is 2.14 bits per heavy atom. The van der Waals surface area contributed by atoms with Crippen molar-refractivity contribution in [1.29, 1.82) is 0 Å². The number of urea groups is 1. The molecule has 1 heterocycles. The second-order valence-corrected chi connectivity index (χ2v) is 4.22. The highest BCUT2D eigenvalue weighted by Crippen LogP contribution is 2.18. The predicted molar refractivity (Wildman–Crippen MR) is 72.4 cm³/mol. The van der Waals surface area contributed by atoms with Gasteiger partial charge in [0.25, 0.3) is 0 Å². The molecule has 0 bridgehead atoms. The van der Waals surface area contributed by atoms with Crippen molar-refractivity contribution in [3.05, 3.63) is 47.5 Å². The molecule has 0 fully saturated rings. The van der Waals surface area contributed by atoms with Crippen LogP contribution in [0.25, 0.3) is 0 Å². The van der Waals surface area contributed by atoms with E-state index in [1.807, 2.05) is 0 Å². The highest BCUT2D eigenvalue weighted by molar-refractivity contribution is 6.00. The first kappa shape index (κ1) is 14.5. The Kier molecular flexibility index (Phi) is 4.17. The molecule has 0 radical (unpaired) electrons. The number of aromatic nitrogens is 2. The Labute approximate surface area is 119 Å². The summed E-state index contributed by atoms with van der Waals surface area (Å²) in [5, 5.41) is 17.7. The smallest absolute Gasteiger partial charge is 0.340 e. The SMILES string of the molecule is Cn1nccc1CNC(=O)Nc1cccc(F)c1C(=O)O. The molecule has 7 nitrogen and oxygen atoms in total. The molecular formula is C13H13FN4O3. The average molecular weight is 292 g/mol. The number of aromatic carboxylic acids is 1. The van der Waals surface area contributed by atoms with Crippen molar-refractivity contribution < 1.29 is 19.1 Å². The summed E-state index contributed by atoms with van der Waals surface area (Å²) < 4.78 is 15.0. The Morgan fingerprint density at radius 1 is 1.38 bits per heavy atom. The van der Waals surface area contributed by atoms with Gasteiger partial charge in [-0.3, -0.25) is 4.68 Å². The summed E-state index contributed by atoms with van der Waals surface area (Å²) in [6, 6.07) is 4.74. The van der Waals surface area contributed by atoms with Gasteiger partial charge in [0.2, 0.25) is 0 Å². The number of carboxylic acids is 1. The second kappa shape index (κ2) is 6.04. The van der Waals surface area contributed by atoms with E-state index in [-0.39, 0.29) is 12.2 Å². The highest BCUT2D eigenvalue weighted by atomic mass is 19.1. The van der Waals surface area contributed by atoms with Gasteiger partial charge in [-0.1, -0.05) is 6.07 Å². The van der Waals surface area contributed by atoms with Crippen molar-refractivity contribution in [2.75, 3.05) is 5.32 Å². The molecular weight excluding hydrogens is 279 g/mol. The van der Waals surface area contributed by atoms with Crippen LogP contribution in [0.2, 0.25) is 0 Å². The molecule has 0 saturated heterocycles. The zero-order valence-corrected chi connectivity index (χ0v) is 11.1. The van der Waals surface area contributed by atoms with Gasteiger partial charge in [0.1, 0.15) is 11.4 Å². The summed E-state index contributed by atoms with van der Waals surface area (Å²) in [7, 11) is 1.73. The molecule has 2 rings (SSSR count). The molecule has 110 valence electrons. The molecule has 1 aromatic heterocycles. The standard InChI is InChI=1S/C13H13FN4O3/c1-18-8(5-6-16-18)7-15-13(21)17-10-4-2-3-9(14)11(10)12(19)20/h2-6H,7H2,1H3,(H,19,20)(H2,15,17,21). The fourth-order valence-corrected chi connectivity index (χ4v) is 1.76. The van der Waals surface area contributed by atoms with Gasteiger partial charge in [-0.25, -0.2) is 14.0 Å². The first-order chi connectivity index (χ1) is 9.99. The van der Waals surface area contributed by atoms with Crippen molar-refractivity contribution in [2.45, 2.75) is 6.54 Å². The van der Waals surface area contributed by atoms with Crippen LogP contribution in [0.15, 0.2) is 30.5 Å². The molecule has 8 heteroatoms. The topological polar surface area (TPSA) is 96.3 Å². The minimum atomic E-state index is -1.45.